The molecule has 0 aliphatic carbocycles. The molecule has 8 heteroatoms. The number of rotatable bonds is 2. The lowest BCUT2D eigenvalue weighted by molar-refractivity contribution is -0.149. The van der Waals surface area contributed by atoms with Crippen LogP contribution in [0.2, 0.25) is 0 Å². The maximum Gasteiger partial charge on any atom is 0.407 e. The highest BCUT2D eigenvalue weighted by Gasteiger charge is 2.40. The summed E-state index contributed by atoms with van der Waals surface area (Å²) in [6, 6.07) is -1.90. The first-order valence-electron chi connectivity index (χ1n) is 4.22. The van der Waals surface area contributed by atoms with E-state index in [9.17, 15) is 27.5 Å². The molecule has 1 rings (SSSR count). The van der Waals surface area contributed by atoms with Crippen LogP contribution in [-0.4, -0.2) is 22.4 Å². The topological polar surface area (TPSA) is 83.6 Å². The Hall–Kier alpha value is -1.83. The summed E-state index contributed by atoms with van der Waals surface area (Å²) >= 11 is 0. The zero-order valence-corrected chi connectivity index (χ0v) is 8.12. The van der Waals surface area contributed by atoms with Gasteiger partial charge in [-0.15, -0.1) is 0 Å². The average Bonchev–Trinajstić information content (AvgIpc) is 2.18. The predicted octanol–water partition coefficient (Wildman–Crippen LogP) is 1.79. The lowest BCUT2D eigenvalue weighted by Gasteiger charge is -2.17. The number of halogens is 4. The maximum atomic E-state index is 12.9. The molecular weight excluding hydrogens is 246 g/mol. The zero-order chi connectivity index (χ0) is 13.4. The van der Waals surface area contributed by atoms with Crippen LogP contribution in [0.25, 0.3) is 0 Å². The molecule has 1 aromatic carbocycles. The molecule has 0 fully saturated rings. The fraction of sp³-hybridized carbons (Fsp3) is 0.222. The van der Waals surface area contributed by atoms with Gasteiger partial charge in [-0.3, -0.25) is 0 Å². The third kappa shape index (κ3) is 2.64. The van der Waals surface area contributed by atoms with Crippen LogP contribution in [0.5, 0.6) is 5.75 Å². The van der Waals surface area contributed by atoms with Crippen LogP contribution in [0.3, 0.4) is 0 Å². The number of hydrogen-bond donors (Lipinski definition) is 3. The van der Waals surface area contributed by atoms with Crippen LogP contribution >= 0.6 is 0 Å². The van der Waals surface area contributed by atoms with E-state index < -0.39 is 40.9 Å². The summed E-state index contributed by atoms with van der Waals surface area (Å²) in [5, 5.41) is 17.8. The summed E-state index contributed by atoms with van der Waals surface area (Å²) in [7, 11) is 0. The normalized spacial score (nSPS) is 13.5. The molecule has 0 aromatic heterocycles. The number of carbonyl (C=O) groups is 1. The van der Waals surface area contributed by atoms with E-state index in [1.165, 1.54) is 0 Å². The Kier molecular flexibility index (Phi) is 3.28. The van der Waals surface area contributed by atoms with E-state index in [-0.39, 0.29) is 0 Å². The smallest absolute Gasteiger partial charge is 0.407 e. The second-order valence-corrected chi connectivity index (χ2v) is 3.22. The molecule has 0 bridgehead atoms. The molecule has 0 saturated heterocycles. The van der Waals surface area contributed by atoms with Crippen molar-refractivity contribution in [1.29, 1.82) is 0 Å². The lowest BCUT2D eigenvalue weighted by atomic mass is 10.0. The van der Waals surface area contributed by atoms with Gasteiger partial charge in [0.25, 0.3) is 0 Å². The Morgan fingerprint density at radius 2 is 1.88 bits per heavy atom. The minimum Gasteiger partial charge on any atom is -0.507 e. The highest BCUT2D eigenvalue weighted by atomic mass is 19.4. The Morgan fingerprint density at radius 3 is 2.29 bits per heavy atom. The van der Waals surface area contributed by atoms with E-state index in [4.69, 9.17) is 10.8 Å². The lowest BCUT2D eigenvalue weighted by Crippen LogP contribution is -2.29. The Morgan fingerprint density at radius 1 is 1.35 bits per heavy atom. The van der Waals surface area contributed by atoms with Crippen LogP contribution in [0.1, 0.15) is 22.0 Å². The summed E-state index contributed by atoms with van der Waals surface area (Å²) in [5.74, 6) is -4.17. The summed E-state index contributed by atoms with van der Waals surface area (Å²) < 4.78 is 49.7. The summed E-state index contributed by atoms with van der Waals surface area (Å²) in [6.45, 7) is 0. The number of carboxylic acids is 1. The molecule has 0 saturated carbocycles. The Bertz CT molecular complexity index is 458. The molecular formula is C9H7F4NO3. The molecule has 0 aliphatic heterocycles. The Labute approximate surface area is 92.3 Å². The number of phenols is 1. The van der Waals surface area contributed by atoms with Crippen molar-refractivity contribution in [3.63, 3.8) is 0 Å². The molecule has 1 aromatic rings. The van der Waals surface area contributed by atoms with Crippen LogP contribution in [0, 0.1) is 5.82 Å². The van der Waals surface area contributed by atoms with Gasteiger partial charge < -0.3 is 15.9 Å². The first-order valence-corrected chi connectivity index (χ1v) is 4.22. The van der Waals surface area contributed by atoms with Crippen LogP contribution < -0.4 is 5.73 Å². The molecule has 0 aliphatic rings. The molecule has 0 spiro atoms. The van der Waals surface area contributed by atoms with Crippen molar-refractivity contribution in [3.8, 4) is 5.75 Å². The first-order chi connectivity index (χ1) is 7.64. The van der Waals surface area contributed by atoms with Crippen molar-refractivity contribution in [2.45, 2.75) is 12.2 Å². The molecule has 17 heavy (non-hydrogen) atoms. The second-order valence-electron chi connectivity index (χ2n) is 3.22. The van der Waals surface area contributed by atoms with Crippen molar-refractivity contribution < 1.29 is 32.6 Å². The molecule has 0 unspecified atom stereocenters. The standard InChI is InChI=1S/C9H7F4NO3/c10-3-1-4(7(14)9(11,12)13)6(15)5(2-3)8(16)17/h1-2,7,15H,14H2,(H,16,17)/t7-/m0/s1. The third-order valence-electron chi connectivity index (χ3n) is 2.02. The predicted molar refractivity (Wildman–Crippen MR) is 48.0 cm³/mol. The van der Waals surface area contributed by atoms with Gasteiger partial charge in [0.1, 0.15) is 23.2 Å². The van der Waals surface area contributed by atoms with E-state index in [2.05, 4.69) is 0 Å². The highest BCUT2D eigenvalue weighted by Crippen LogP contribution is 2.37. The van der Waals surface area contributed by atoms with Crippen molar-refractivity contribution in [1.82, 2.24) is 0 Å². The quantitative estimate of drug-likeness (QED) is 0.701. The van der Waals surface area contributed by atoms with Crippen molar-refractivity contribution in [3.05, 3.63) is 29.1 Å². The largest absolute Gasteiger partial charge is 0.507 e. The molecule has 1 atom stereocenters. The van der Waals surface area contributed by atoms with Crippen LogP contribution in [-0.2, 0) is 0 Å². The summed E-state index contributed by atoms with van der Waals surface area (Å²) in [6.07, 6.45) is -4.92. The zero-order valence-electron chi connectivity index (χ0n) is 8.12. The average molecular weight is 253 g/mol. The monoisotopic (exact) mass is 253 g/mol. The van der Waals surface area contributed by atoms with E-state index in [1.54, 1.807) is 0 Å². The molecule has 4 nitrogen and oxygen atoms in total. The van der Waals surface area contributed by atoms with E-state index in [1.807, 2.05) is 0 Å². The van der Waals surface area contributed by atoms with Crippen LogP contribution in [0.15, 0.2) is 12.1 Å². The number of carboxylic acid groups (broad SMARTS) is 1. The second kappa shape index (κ2) is 4.21. The number of benzene rings is 1. The third-order valence-corrected chi connectivity index (χ3v) is 2.02. The van der Waals surface area contributed by atoms with Gasteiger partial charge in [-0.1, -0.05) is 0 Å². The fourth-order valence-electron chi connectivity index (χ4n) is 1.20. The molecule has 4 N–H and O–H groups in total. The van der Waals surface area contributed by atoms with Gasteiger partial charge >= 0.3 is 12.1 Å². The van der Waals surface area contributed by atoms with Crippen molar-refractivity contribution in [2.75, 3.05) is 0 Å². The molecule has 94 valence electrons. The van der Waals surface area contributed by atoms with Gasteiger partial charge in [-0.25, -0.2) is 9.18 Å². The summed E-state index contributed by atoms with van der Waals surface area (Å²) in [4.78, 5) is 10.5. The minimum atomic E-state index is -4.92. The van der Waals surface area contributed by atoms with Gasteiger partial charge in [-0.05, 0) is 12.1 Å². The van der Waals surface area contributed by atoms with E-state index >= 15 is 0 Å². The molecule has 0 radical (unpaired) electrons. The van der Waals surface area contributed by atoms with Gasteiger partial charge in [0, 0.05) is 5.56 Å². The first kappa shape index (κ1) is 13.2. The van der Waals surface area contributed by atoms with Crippen molar-refractivity contribution in [2.24, 2.45) is 5.73 Å². The van der Waals surface area contributed by atoms with Gasteiger partial charge in [0.15, 0.2) is 0 Å². The maximum absolute atomic E-state index is 12.9. The molecule has 0 amide bonds. The number of aromatic carboxylic acids is 1. The summed E-state index contributed by atoms with van der Waals surface area (Å²) in [5.41, 5.74) is 2.78. The molecule has 0 heterocycles. The Balaban J connectivity index is 3.40. The highest BCUT2D eigenvalue weighted by molar-refractivity contribution is 5.91. The minimum absolute atomic E-state index is 0.347. The number of hydrogen-bond acceptors (Lipinski definition) is 3. The number of aromatic hydroxyl groups is 1. The van der Waals surface area contributed by atoms with Gasteiger partial charge in [-0.2, -0.15) is 13.2 Å². The van der Waals surface area contributed by atoms with Crippen molar-refractivity contribution >= 4 is 5.97 Å². The number of alkyl halides is 3. The van der Waals surface area contributed by atoms with E-state index in [0.717, 1.165) is 0 Å². The van der Waals surface area contributed by atoms with E-state index in [0.29, 0.717) is 12.1 Å². The van der Waals surface area contributed by atoms with Crippen LogP contribution in [0.4, 0.5) is 17.6 Å². The fourth-order valence-corrected chi connectivity index (χ4v) is 1.20. The van der Waals surface area contributed by atoms with Gasteiger partial charge in [0.05, 0.1) is 0 Å². The number of nitrogens with two attached hydrogens (primary N) is 1. The van der Waals surface area contributed by atoms with Gasteiger partial charge in [0.2, 0.25) is 0 Å². The SMILES string of the molecule is N[C@@H](c1cc(F)cc(C(=O)O)c1O)C(F)(F)F.